The van der Waals surface area contributed by atoms with Gasteiger partial charge < -0.3 is 14.6 Å². The predicted octanol–water partition coefficient (Wildman–Crippen LogP) is 3.97. The molecule has 0 aliphatic carbocycles. The van der Waals surface area contributed by atoms with Crippen molar-refractivity contribution in [1.29, 1.82) is 0 Å². The summed E-state index contributed by atoms with van der Waals surface area (Å²) in [6.07, 6.45) is 4.32. The summed E-state index contributed by atoms with van der Waals surface area (Å²) in [7, 11) is 0. The number of amides is 1. The third kappa shape index (κ3) is 4.15. The van der Waals surface area contributed by atoms with Crippen LogP contribution in [0.5, 0.6) is 5.75 Å². The van der Waals surface area contributed by atoms with Gasteiger partial charge in [0, 0.05) is 36.1 Å². The zero-order chi connectivity index (χ0) is 21.8. The summed E-state index contributed by atoms with van der Waals surface area (Å²) >= 11 is 0. The van der Waals surface area contributed by atoms with Gasteiger partial charge in [0.05, 0.1) is 11.7 Å². The lowest BCUT2D eigenvalue weighted by atomic mass is 10.2. The topological polar surface area (TPSA) is 95.1 Å². The second-order valence-electron chi connectivity index (χ2n) is 7.33. The van der Waals surface area contributed by atoms with E-state index >= 15 is 0 Å². The third-order valence-electron chi connectivity index (χ3n) is 5.14. The molecule has 1 N–H and O–H groups in total. The van der Waals surface area contributed by atoms with Crippen LogP contribution in [0.4, 0.5) is 0 Å². The number of benzene rings is 2. The van der Waals surface area contributed by atoms with Crippen molar-refractivity contribution in [3.8, 4) is 5.75 Å². The smallest absolute Gasteiger partial charge is 0.273 e. The van der Waals surface area contributed by atoms with Gasteiger partial charge in [0.25, 0.3) is 5.91 Å². The zero-order valence-corrected chi connectivity index (χ0v) is 17.3. The van der Waals surface area contributed by atoms with Gasteiger partial charge in [0.1, 0.15) is 17.9 Å². The average Bonchev–Trinajstić information content (AvgIpc) is 3.48. The molecule has 0 unspecified atom stereocenters. The number of para-hydroxylation sites is 2. The quantitative estimate of drug-likeness (QED) is 0.377. The highest BCUT2D eigenvalue weighted by atomic mass is 16.5. The molecular formula is C24H21N5O3. The van der Waals surface area contributed by atoms with Gasteiger partial charge in [0.15, 0.2) is 11.5 Å². The molecule has 8 nitrogen and oxygen atoms in total. The molecule has 0 aliphatic heterocycles. The molecule has 5 rings (SSSR count). The van der Waals surface area contributed by atoms with Gasteiger partial charge in [-0.15, -0.1) is 0 Å². The van der Waals surface area contributed by atoms with Crippen LogP contribution < -0.4 is 10.1 Å². The minimum absolute atomic E-state index is 0.155. The Balaban J connectivity index is 1.13. The molecule has 3 aromatic heterocycles. The molecule has 0 bridgehead atoms. The molecule has 0 saturated heterocycles. The van der Waals surface area contributed by atoms with Gasteiger partial charge in [-0.25, -0.2) is 0 Å². The van der Waals surface area contributed by atoms with E-state index in [1.54, 1.807) is 12.3 Å². The third-order valence-corrected chi connectivity index (χ3v) is 5.14. The van der Waals surface area contributed by atoms with Gasteiger partial charge in [-0.2, -0.15) is 5.10 Å². The molecule has 160 valence electrons. The van der Waals surface area contributed by atoms with E-state index in [2.05, 4.69) is 20.6 Å². The number of nitrogens with one attached hydrogen (secondary N) is 1. The van der Waals surface area contributed by atoms with Gasteiger partial charge in [-0.1, -0.05) is 41.6 Å². The molecule has 2 aromatic carbocycles. The number of pyridine rings is 1. The van der Waals surface area contributed by atoms with E-state index in [4.69, 9.17) is 9.26 Å². The summed E-state index contributed by atoms with van der Waals surface area (Å²) in [5.74, 6) is 0.833. The summed E-state index contributed by atoms with van der Waals surface area (Å²) in [5.41, 5.74) is 2.09. The number of hydrogen-bond acceptors (Lipinski definition) is 6. The number of rotatable bonds is 8. The molecule has 0 spiro atoms. The summed E-state index contributed by atoms with van der Waals surface area (Å²) in [6, 6.07) is 19.2. The lowest BCUT2D eigenvalue weighted by Crippen LogP contribution is -2.25. The molecule has 0 saturated carbocycles. The van der Waals surface area contributed by atoms with Crippen LogP contribution in [0.2, 0.25) is 0 Å². The molecule has 5 aromatic rings. The first-order valence-electron chi connectivity index (χ1n) is 10.4. The first-order valence-corrected chi connectivity index (χ1v) is 10.4. The van der Waals surface area contributed by atoms with Crippen molar-refractivity contribution in [2.75, 3.05) is 6.54 Å². The van der Waals surface area contributed by atoms with Crippen molar-refractivity contribution in [2.24, 2.45) is 0 Å². The zero-order valence-electron chi connectivity index (χ0n) is 17.3. The Hall–Kier alpha value is -4.20. The normalized spacial score (nSPS) is 11.1. The summed E-state index contributed by atoms with van der Waals surface area (Å²) in [6.45, 7) is 1.38. The second-order valence-corrected chi connectivity index (χ2v) is 7.33. The fourth-order valence-corrected chi connectivity index (χ4v) is 3.55. The molecule has 0 aliphatic rings. The van der Waals surface area contributed by atoms with Gasteiger partial charge in [0.2, 0.25) is 0 Å². The minimum atomic E-state index is -0.280. The Labute approximate surface area is 183 Å². The number of fused-ring (bicyclic) bond motifs is 2. The van der Waals surface area contributed by atoms with Gasteiger partial charge in [-0.3, -0.25) is 14.5 Å². The van der Waals surface area contributed by atoms with Crippen LogP contribution in [-0.4, -0.2) is 32.4 Å². The predicted molar refractivity (Wildman–Crippen MR) is 119 cm³/mol. The van der Waals surface area contributed by atoms with Crippen molar-refractivity contribution in [3.05, 3.63) is 84.5 Å². The number of nitrogens with zero attached hydrogens (tertiary/aromatic N) is 4. The highest BCUT2D eigenvalue weighted by Gasteiger charge is 2.13. The van der Waals surface area contributed by atoms with Crippen LogP contribution in [0.1, 0.15) is 22.7 Å². The van der Waals surface area contributed by atoms with E-state index in [9.17, 15) is 4.79 Å². The summed E-state index contributed by atoms with van der Waals surface area (Å²) < 4.78 is 13.0. The van der Waals surface area contributed by atoms with E-state index in [1.165, 1.54) is 0 Å². The molecule has 0 fully saturated rings. The minimum Gasteiger partial charge on any atom is -0.483 e. The highest BCUT2D eigenvalue weighted by molar-refractivity contribution is 5.92. The SMILES string of the molecule is O=C(NCCCn1ncc2ccccc21)c1cc(COc2cccc3cccnc23)on1. The lowest BCUT2D eigenvalue weighted by Gasteiger charge is -2.06. The molecular weight excluding hydrogens is 406 g/mol. The Morgan fingerprint density at radius 2 is 1.94 bits per heavy atom. The largest absolute Gasteiger partial charge is 0.483 e. The number of ether oxygens (including phenoxy) is 1. The Kier molecular flexibility index (Phi) is 5.48. The number of aryl methyl sites for hydroxylation is 1. The van der Waals surface area contributed by atoms with Crippen molar-refractivity contribution >= 4 is 27.7 Å². The van der Waals surface area contributed by atoms with E-state index in [0.29, 0.717) is 24.6 Å². The molecule has 3 heterocycles. The van der Waals surface area contributed by atoms with Crippen molar-refractivity contribution in [1.82, 2.24) is 25.2 Å². The van der Waals surface area contributed by atoms with E-state index < -0.39 is 0 Å². The van der Waals surface area contributed by atoms with Gasteiger partial charge in [-0.05, 0) is 24.6 Å². The van der Waals surface area contributed by atoms with Crippen molar-refractivity contribution < 1.29 is 14.1 Å². The van der Waals surface area contributed by atoms with E-state index in [0.717, 1.165) is 28.2 Å². The van der Waals surface area contributed by atoms with Gasteiger partial charge >= 0.3 is 0 Å². The van der Waals surface area contributed by atoms with Crippen LogP contribution in [0.3, 0.4) is 0 Å². The first kappa shape index (κ1) is 19.7. The Bertz CT molecular complexity index is 1370. The maximum absolute atomic E-state index is 12.4. The summed E-state index contributed by atoms with van der Waals surface area (Å²) in [4.78, 5) is 16.7. The fraction of sp³-hybridized carbons (Fsp3) is 0.167. The maximum Gasteiger partial charge on any atom is 0.273 e. The molecule has 1 amide bonds. The van der Waals surface area contributed by atoms with E-state index in [1.807, 2.05) is 65.5 Å². The number of carbonyl (C=O) groups excluding carboxylic acids is 1. The number of carbonyl (C=O) groups is 1. The van der Waals surface area contributed by atoms with Crippen LogP contribution in [0.25, 0.3) is 21.8 Å². The van der Waals surface area contributed by atoms with Crippen molar-refractivity contribution in [2.45, 2.75) is 19.6 Å². The monoisotopic (exact) mass is 427 g/mol. The molecule has 0 atom stereocenters. The average molecular weight is 427 g/mol. The lowest BCUT2D eigenvalue weighted by molar-refractivity contribution is 0.0943. The standard InChI is InChI=1S/C24H21N5O3/c30-24(26-12-5-13-29-21-9-2-1-6-18(21)15-27-29)20-14-19(32-28-20)16-31-22-10-3-7-17-8-4-11-25-23(17)22/h1-4,6-11,14-15H,5,12-13,16H2,(H,26,30). The van der Waals surface area contributed by atoms with E-state index in [-0.39, 0.29) is 18.2 Å². The Morgan fingerprint density at radius 1 is 1.06 bits per heavy atom. The molecule has 8 heteroatoms. The summed E-state index contributed by atoms with van der Waals surface area (Å²) in [5, 5.41) is 13.2. The fourth-order valence-electron chi connectivity index (χ4n) is 3.55. The van der Waals surface area contributed by atoms with Crippen LogP contribution in [-0.2, 0) is 13.2 Å². The second kappa shape index (κ2) is 8.89. The number of aromatic nitrogens is 4. The van der Waals surface area contributed by atoms with Crippen LogP contribution in [0, 0.1) is 0 Å². The maximum atomic E-state index is 12.4. The first-order chi connectivity index (χ1) is 15.8. The molecule has 32 heavy (non-hydrogen) atoms. The van der Waals surface area contributed by atoms with Crippen molar-refractivity contribution in [3.63, 3.8) is 0 Å². The highest BCUT2D eigenvalue weighted by Crippen LogP contribution is 2.24. The Morgan fingerprint density at radius 3 is 2.91 bits per heavy atom. The number of hydrogen-bond donors (Lipinski definition) is 1. The van der Waals surface area contributed by atoms with Crippen LogP contribution >= 0.6 is 0 Å². The van der Waals surface area contributed by atoms with Crippen LogP contribution in [0.15, 0.2) is 77.6 Å². The molecule has 0 radical (unpaired) electrons.